The molecule has 3 N–H and O–H groups in total. The molecule has 0 unspecified atom stereocenters. The molecule has 146 valence electrons. The van der Waals surface area contributed by atoms with E-state index in [1.165, 1.54) is 6.07 Å². The fourth-order valence-corrected chi connectivity index (χ4v) is 2.52. The summed E-state index contributed by atoms with van der Waals surface area (Å²) in [7, 11) is 0. The smallest absolute Gasteiger partial charge is 0.292 e. The minimum atomic E-state index is -0.396. The summed E-state index contributed by atoms with van der Waals surface area (Å²) in [5.41, 5.74) is 0.558. The topological polar surface area (TPSA) is 122 Å². The second-order valence-electron chi connectivity index (χ2n) is 5.68. The molecule has 1 aromatic heterocycles. The van der Waals surface area contributed by atoms with Crippen LogP contribution in [0.25, 0.3) is 0 Å². The van der Waals surface area contributed by atoms with Crippen LogP contribution in [0.3, 0.4) is 0 Å². The molecule has 27 heavy (non-hydrogen) atoms. The molecular weight excluding hydrogens is 348 g/mol. The molecule has 0 atom stereocenters. The van der Waals surface area contributed by atoms with Gasteiger partial charge >= 0.3 is 0 Å². The maximum absolute atomic E-state index is 11.0. The summed E-state index contributed by atoms with van der Waals surface area (Å²) in [4.78, 5) is 15.1. The zero-order chi connectivity index (χ0) is 19.5. The summed E-state index contributed by atoms with van der Waals surface area (Å²) >= 11 is 0. The zero-order valence-electron chi connectivity index (χ0n) is 15.7. The van der Waals surface area contributed by atoms with Crippen molar-refractivity contribution >= 4 is 17.3 Å². The molecule has 0 saturated carbocycles. The van der Waals surface area contributed by atoms with Crippen LogP contribution in [-0.4, -0.2) is 51.8 Å². The van der Waals surface area contributed by atoms with Crippen molar-refractivity contribution in [3.05, 3.63) is 46.5 Å². The largest absolute Gasteiger partial charge is 0.378 e. The number of hydrogen-bond donors (Lipinski definition) is 3. The lowest BCUT2D eigenvalue weighted by Gasteiger charge is -2.12. The first-order valence-corrected chi connectivity index (χ1v) is 9.01. The van der Waals surface area contributed by atoms with E-state index in [1.54, 1.807) is 24.5 Å². The summed E-state index contributed by atoms with van der Waals surface area (Å²) in [5.74, 6) is 1.65. The molecule has 0 saturated heterocycles. The van der Waals surface area contributed by atoms with Gasteiger partial charge in [0.1, 0.15) is 17.8 Å². The molecule has 0 amide bonds. The number of benzene rings is 1. The molecule has 1 heterocycles. The molecular formula is C17H26N8O2. The summed E-state index contributed by atoms with van der Waals surface area (Å²) in [5, 5.41) is 28.5. The standard InChI is InChI=1S/C17H26N8O2/c1-3-16-23-22-13-24(16)12-11-21-17(18-4-2)20-10-9-19-14-7-5-6-8-15(14)25(26)27/h5-8,13,19H,3-4,9-12H2,1-2H3,(H2,18,20,21). The number of guanidine groups is 1. The Morgan fingerprint density at radius 3 is 2.81 bits per heavy atom. The Morgan fingerprint density at radius 2 is 2.07 bits per heavy atom. The molecule has 0 bridgehead atoms. The number of para-hydroxylation sites is 2. The Balaban J connectivity index is 1.82. The van der Waals surface area contributed by atoms with Gasteiger partial charge < -0.3 is 20.5 Å². The Kier molecular flexibility index (Phi) is 8.01. The molecule has 0 radical (unpaired) electrons. The van der Waals surface area contributed by atoms with E-state index < -0.39 is 4.92 Å². The molecule has 2 rings (SSSR count). The number of nitro benzene ring substituents is 1. The van der Waals surface area contributed by atoms with Gasteiger partial charge in [0.25, 0.3) is 5.69 Å². The minimum Gasteiger partial charge on any atom is -0.378 e. The molecule has 0 aliphatic heterocycles. The highest BCUT2D eigenvalue weighted by molar-refractivity contribution is 5.79. The number of anilines is 1. The Morgan fingerprint density at radius 1 is 1.26 bits per heavy atom. The van der Waals surface area contributed by atoms with Crippen LogP contribution in [-0.2, 0) is 13.0 Å². The third-order valence-electron chi connectivity index (χ3n) is 3.80. The third-order valence-corrected chi connectivity index (χ3v) is 3.80. The van der Waals surface area contributed by atoms with Crippen molar-refractivity contribution in [2.24, 2.45) is 4.99 Å². The predicted octanol–water partition coefficient (Wildman–Crippen LogP) is 1.42. The lowest BCUT2D eigenvalue weighted by molar-refractivity contribution is -0.384. The van der Waals surface area contributed by atoms with E-state index in [0.717, 1.165) is 25.3 Å². The van der Waals surface area contributed by atoms with Crippen LogP contribution in [0.5, 0.6) is 0 Å². The van der Waals surface area contributed by atoms with Gasteiger partial charge in [0.15, 0.2) is 5.96 Å². The summed E-state index contributed by atoms with van der Waals surface area (Å²) < 4.78 is 2.01. The number of nitrogens with zero attached hydrogens (tertiary/aromatic N) is 5. The Hall–Kier alpha value is -3.17. The maximum atomic E-state index is 11.0. The van der Waals surface area contributed by atoms with Gasteiger partial charge in [-0.1, -0.05) is 19.1 Å². The van der Waals surface area contributed by atoms with Crippen molar-refractivity contribution in [1.82, 2.24) is 25.4 Å². The van der Waals surface area contributed by atoms with E-state index >= 15 is 0 Å². The summed E-state index contributed by atoms with van der Waals surface area (Å²) in [6, 6.07) is 6.58. The molecule has 0 aliphatic rings. The van der Waals surface area contributed by atoms with Gasteiger partial charge in [0.05, 0.1) is 11.5 Å². The summed E-state index contributed by atoms with van der Waals surface area (Å²) in [6.07, 6.45) is 2.56. The molecule has 2 aromatic rings. The Bertz CT molecular complexity index is 759. The fraction of sp³-hybridized carbons (Fsp3) is 0.471. The number of rotatable bonds is 10. The van der Waals surface area contributed by atoms with Crippen molar-refractivity contribution in [3.63, 3.8) is 0 Å². The van der Waals surface area contributed by atoms with Crippen molar-refractivity contribution in [3.8, 4) is 0 Å². The second kappa shape index (κ2) is 10.7. The van der Waals surface area contributed by atoms with E-state index in [2.05, 4.69) is 31.1 Å². The van der Waals surface area contributed by atoms with Gasteiger partial charge in [-0.25, -0.2) is 0 Å². The van der Waals surface area contributed by atoms with Gasteiger partial charge in [-0.2, -0.15) is 0 Å². The van der Waals surface area contributed by atoms with Gasteiger partial charge in [-0.15, -0.1) is 10.2 Å². The number of aryl methyl sites for hydroxylation is 1. The highest BCUT2D eigenvalue weighted by Gasteiger charge is 2.11. The molecule has 0 fully saturated rings. The predicted molar refractivity (Wildman–Crippen MR) is 105 cm³/mol. The van der Waals surface area contributed by atoms with Crippen LogP contribution in [0.15, 0.2) is 35.6 Å². The van der Waals surface area contributed by atoms with Crippen LogP contribution in [0.4, 0.5) is 11.4 Å². The van der Waals surface area contributed by atoms with Crippen LogP contribution < -0.4 is 16.0 Å². The highest BCUT2D eigenvalue weighted by atomic mass is 16.6. The van der Waals surface area contributed by atoms with E-state index in [1.807, 2.05) is 18.4 Å². The van der Waals surface area contributed by atoms with Gasteiger partial charge in [0, 0.05) is 38.7 Å². The van der Waals surface area contributed by atoms with Crippen LogP contribution in [0.2, 0.25) is 0 Å². The van der Waals surface area contributed by atoms with Crippen LogP contribution in [0, 0.1) is 10.1 Å². The van der Waals surface area contributed by atoms with Crippen LogP contribution in [0.1, 0.15) is 19.7 Å². The van der Waals surface area contributed by atoms with Gasteiger partial charge in [-0.05, 0) is 13.0 Å². The van der Waals surface area contributed by atoms with Crippen molar-refractivity contribution in [2.75, 3.05) is 31.5 Å². The SMILES string of the molecule is CCNC(=NCCNc1ccccc1[N+](=O)[O-])NCCn1cnnc1CC. The quantitative estimate of drug-likeness (QED) is 0.189. The van der Waals surface area contributed by atoms with E-state index in [-0.39, 0.29) is 5.69 Å². The van der Waals surface area contributed by atoms with Crippen molar-refractivity contribution in [2.45, 2.75) is 26.8 Å². The average molecular weight is 374 g/mol. The molecule has 10 heteroatoms. The fourth-order valence-electron chi connectivity index (χ4n) is 2.52. The number of aliphatic imine (C=N–C) groups is 1. The zero-order valence-corrected chi connectivity index (χ0v) is 15.7. The van der Waals surface area contributed by atoms with Gasteiger partial charge in [0.2, 0.25) is 0 Å². The third kappa shape index (κ3) is 6.24. The first kappa shape index (κ1) is 20.1. The normalized spacial score (nSPS) is 11.3. The number of nitrogens with one attached hydrogen (secondary N) is 3. The molecule has 10 nitrogen and oxygen atoms in total. The lowest BCUT2D eigenvalue weighted by Crippen LogP contribution is -2.39. The number of aromatic nitrogens is 3. The molecule has 0 spiro atoms. The average Bonchev–Trinajstić information content (AvgIpc) is 3.13. The minimum absolute atomic E-state index is 0.0622. The van der Waals surface area contributed by atoms with Crippen molar-refractivity contribution in [1.29, 1.82) is 0 Å². The first-order valence-electron chi connectivity index (χ1n) is 9.01. The van der Waals surface area contributed by atoms with E-state index in [0.29, 0.717) is 31.3 Å². The van der Waals surface area contributed by atoms with E-state index in [9.17, 15) is 10.1 Å². The second-order valence-corrected chi connectivity index (χ2v) is 5.68. The number of hydrogen-bond acceptors (Lipinski definition) is 6. The maximum Gasteiger partial charge on any atom is 0.292 e. The molecule has 0 aliphatic carbocycles. The summed E-state index contributed by atoms with van der Waals surface area (Å²) in [6.45, 7) is 7.20. The van der Waals surface area contributed by atoms with Gasteiger partial charge in [-0.3, -0.25) is 15.1 Å². The Labute approximate surface area is 158 Å². The first-order chi connectivity index (χ1) is 13.2. The van der Waals surface area contributed by atoms with E-state index in [4.69, 9.17) is 0 Å². The molecule has 1 aromatic carbocycles. The lowest BCUT2D eigenvalue weighted by atomic mass is 10.2. The monoisotopic (exact) mass is 374 g/mol. The number of nitro groups is 1. The van der Waals surface area contributed by atoms with Crippen LogP contribution >= 0.6 is 0 Å². The van der Waals surface area contributed by atoms with Crippen molar-refractivity contribution < 1.29 is 4.92 Å². The highest BCUT2D eigenvalue weighted by Crippen LogP contribution is 2.22.